The van der Waals surface area contributed by atoms with E-state index in [2.05, 4.69) is 24.1 Å². The molecule has 17 heavy (non-hydrogen) atoms. The molecule has 0 spiro atoms. The zero-order valence-corrected chi connectivity index (χ0v) is 11.5. The number of hydrogen-bond acceptors (Lipinski definition) is 3. The van der Waals surface area contributed by atoms with Crippen LogP contribution < -0.4 is 5.32 Å². The molecule has 2 rings (SSSR count). The second-order valence-corrected chi connectivity index (χ2v) is 5.96. The summed E-state index contributed by atoms with van der Waals surface area (Å²) < 4.78 is 5.90. The SMILES string of the molecule is CCCOC1CCCN(CC2(C)CCCN2)C1. The van der Waals surface area contributed by atoms with Crippen LogP contribution in [0.5, 0.6) is 0 Å². The minimum Gasteiger partial charge on any atom is -0.377 e. The largest absolute Gasteiger partial charge is 0.377 e. The predicted octanol–water partition coefficient (Wildman–Crippen LogP) is 2.02. The van der Waals surface area contributed by atoms with E-state index < -0.39 is 0 Å². The predicted molar refractivity (Wildman–Crippen MR) is 71.3 cm³/mol. The Labute approximate surface area is 106 Å². The van der Waals surface area contributed by atoms with Gasteiger partial charge >= 0.3 is 0 Å². The molecule has 3 heteroatoms. The monoisotopic (exact) mass is 240 g/mol. The number of piperidine rings is 1. The Kier molecular flexibility index (Phi) is 4.83. The van der Waals surface area contributed by atoms with Crippen LogP contribution >= 0.6 is 0 Å². The van der Waals surface area contributed by atoms with Crippen molar-refractivity contribution in [3.63, 3.8) is 0 Å². The van der Waals surface area contributed by atoms with Crippen LogP contribution in [0.25, 0.3) is 0 Å². The van der Waals surface area contributed by atoms with Gasteiger partial charge in [0.1, 0.15) is 0 Å². The van der Waals surface area contributed by atoms with E-state index >= 15 is 0 Å². The summed E-state index contributed by atoms with van der Waals surface area (Å²) >= 11 is 0. The Morgan fingerprint density at radius 3 is 3.00 bits per heavy atom. The molecule has 0 bridgehead atoms. The summed E-state index contributed by atoms with van der Waals surface area (Å²) in [5.41, 5.74) is 0.354. The smallest absolute Gasteiger partial charge is 0.0702 e. The lowest BCUT2D eigenvalue weighted by Crippen LogP contribution is -2.51. The number of likely N-dealkylation sites (tertiary alicyclic amines) is 1. The van der Waals surface area contributed by atoms with Gasteiger partial charge in [0, 0.05) is 25.2 Å². The van der Waals surface area contributed by atoms with Gasteiger partial charge in [-0.2, -0.15) is 0 Å². The molecule has 0 saturated carbocycles. The highest BCUT2D eigenvalue weighted by Crippen LogP contribution is 2.22. The van der Waals surface area contributed by atoms with E-state index in [1.165, 1.54) is 45.3 Å². The summed E-state index contributed by atoms with van der Waals surface area (Å²) in [6.45, 7) is 10.3. The molecule has 2 saturated heterocycles. The van der Waals surface area contributed by atoms with Crippen LogP contribution in [0.1, 0.15) is 46.0 Å². The van der Waals surface area contributed by atoms with E-state index in [0.717, 1.165) is 19.6 Å². The summed E-state index contributed by atoms with van der Waals surface area (Å²) in [5, 5.41) is 3.66. The maximum absolute atomic E-state index is 5.90. The first kappa shape index (κ1) is 13.3. The van der Waals surface area contributed by atoms with E-state index in [9.17, 15) is 0 Å². The van der Waals surface area contributed by atoms with Gasteiger partial charge in [-0.15, -0.1) is 0 Å². The Balaban J connectivity index is 1.76. The number of nitrogens with zero attached hydrogens (tertiary/aromatic N) is 1. The van der Waals surface area contributed by atoms with E-state index in [4.69, 9.17) is 4.74 Å². The second kappa shape index (κ2) is 6.17. The maximum Gasteiger partial charge on any atom is 0.0702 e. The quantitative estimate of drug-likeness (QED) is 0.795. The highest BCUT2D eigenvalue weighted by Gasteiger charge is 2.32. The highest BCUT2D eigenvalue weighted by molar-refractivity contribution is 4.92. The second-order valence-electron chi connectivity index (χ2n) is 5.96. The van der Waals surface area contributed by atoms with E-state index in [0.29, 0.717) is 11.6 Å². The highest BCUT2D eigenvalue weighted by atomic mass is 16.5. The molecular formula is C14H28N2O. The molecule has 2 aliphatic rings. The Morgan fingerprint density at radius 2 is 2.29 bits per heavy atom. The Hall–Kier alpha value is -0.120. The van der Waals surface area contributed by atoms with Crippen LogP contribution in [0.2, 0.25) is 0 Å². The van der Waals surface area contributed by atoms with Crippen molar-refractivity contribution in [3.8, 4) is 0 Å². The van der Waals surface area contributed by atoms with Gasteiger partial charge in [0.25, 0.3) is 0 Å². The molecule has 0 aromatic rings. The molecule has 0 aromatic heterocycles. The molecule has 2 fully saturated rings. The molecule has 0 aromatic carbocycles. The molecule has 3 nitrogen and oxygen atoms in total. The van der Waals surface area contributed by atoms with Gasteiger partial charge in [-0.25, -0.2) is 0 Å². The fourth-order valence-corrected chi connectivity index (χ4v) is 3.16. The van der Waals surface area contributed by atoms with Gasteiger partial charge in [-0.3, -0.25) is 4.90 Å². The first-order chi connectivity index (χ1) is 8.22. The molecule has 2 atom stereocenters. The lowest BCUT2D eigenvalue weighted by atomic mass is 9.97. The van der Waals surface area contributed by atoms with Crippen LogP contribution in [-0.2, 0) is 4.74 Å². The topological polar surface area (TPSA) is 24.5 Å². The van der Waals surface area contributed by atoms with Gasteiger partial charge < -0.3 is 10.1 Å². The number of hydrogen-bond donors (Lipinski definition) is 1. The third-order valence-electron chi connectivity index (χ3n) is 4.05. The van der Waals surface area contributed by atoms with Crippen LogP contribution in [0.15, 0.2) is 0 Å². The van der Waals surface area contributed by atoms with Crippen molar-refractivity contribution < 1.29 is 4.74 Å². The van der Waals surface area contributed by atoms with Crippen molar-refractivity contribution in [1.29, 1.82) is 0 Å². The van der Waals surface area contributed by atoms with Crippen molar-refractivity contribution in [1.82, 2.24) is 10.2 Å². The summed E-state index contributed by atoms with van der Waals surface area (Å²) in [6.07, 6.45) is 6.82. The van der Waals surface area contributed by atoms with Gasteiger partial charge in [0.05, 0.1) is 6.10 Å². The van der Waals surface area contributed by atoms with Gasteiger partial charge in [-0.1, -0.05) is 6.92 Å². The van der Waals surface area contributed by atoms with Crippen LogP contribution in [0, 0.1) is 0 Å². The minimum absolute atomic E-state index is 0.354. The summed E-state index contributed by atoms with van der Waals surface area (Å²) in [6, 6.07) is 0. The molecule has 2 aliphatic heterocycles. The first-order valence-corrected chi connectivity index (χ1v) is 7.31. The molecule has 100 valence electrons. The molecular weight excluding hydrogens is 212 g/mol. The molecule has 0 radical (unpaired) electrons. The van der Waals surface area contributed by atoms with E-state index in [1.807, 2.05) is 0 Å². The third-order valence-corrected chi connectivity index (χ3v) is 4.05. The third kappa shape index (κ3) is 3.94. The van der Waals surface area contributed by atoms with Crippen molar-refractivity contribution in [3.05, 3.63) is 0 Å². The lowest BCUT2D eigenvalue weighted by molar-refractivity contribution is -0.00565. The number of nitrogens with one attached hydrogen (secondary N) is 1. The summed E-state index contributed by atoms with van der Waals surface area (Å²) in [4.78, 5) is 2.60. The molecule has 2 unspecified atom stereocenters. The Bertz CT molecular complexity index is 226. The van der Waals surface area contributed by atoms with Crippen LogP contribution in [0.4, 0.5) is 0 Å². The van der Waals surface area contributed by atoms with Crippen molar-refractivity contribution >= 4 is 0 Å². The average Bonchev–Trinajstić information content (AvgIpc) is 2.73. The van der Waals surface area contributed by atoms with E-state index in [-0.39, 0.29) is 0 Å². The summed E-state index contributed by atoms with van der Waals surface area (Å²) in [5.74, 6) is 0. The van der Waals surface area contributed by atoms with Crippen molar-refractivity contribution in [2.45, 2.75) is 57.6 Å². The number of ether oxygens (including phenoxy) is 1. The van der Waals surface area contributed by atoms with Gasteiger partial charge in [0.2, 0.25) is 0 Å². The van der Waals surface area contributed by atoms with Crippen molar-refractivity contribution in [2.75, 3.05) is 32.8 Å². The van der Waals surface area contributed by atoms with E-state index in [1.54, 1.807) is 0 Å². The van der Waals surface area contributed by atoms with Crippen molar-refractivity contribution in [2.24, 2.45) is 0 Å². The van der Waals surface area contributed by atoms with Gasteiger partial charge in [-0.05, 0) is 52.1 Å². The molecule has 1 N–H and O–H groups in total. The lowest BCUT2D eigenvalue weighted by Gasteiger charge is -2.38. The Morgan fingerprint density at radius 1 is 1.41 bits per heavy atom. The molecule has 0 amide bonds. The molecule has 0 aliphatic carbocycles. The first-order valence-electron chi connectivity index (χ1n) is 7.31. The average molecular weight is 240 g/mol. The van der Waals surface area contributed by atoms with Crippen LogP contribution in [0.3, 0.4) is 0 Å². The van der Waals surface area contributed by atoms with Crippen LogP contribution in [-0.4, -0.2) is 49.3 Å². The fraction of sp³-hybridized carbons (Fsp3) is 1.00. The normalized spacial score (nSPS) is 35.3. The molecule has 2 heterocycles. The fourth-order valence-electron chi connectivity index (χ4n) is 3.16. The summed E-state index contributed by atoms with van der Waals surface area (Å²) in [7, 11) is 0. The number of rotatable bonds is 5. The maximum atomic E-state index is 5.90. The zero-order chi connectivity index (χ0) is 12.1. The zero-order valence-electron chi connectivity index (χ0n) is 11.5. The minimum atomic E-state index is 0.354. The van der Waals surface area contributed by atoms with Gasteiger partial charge in [0.15, 0.2) is 0 Å². The standard InChI is InChI=1S/C14H28N2O/c1-3-10-17-13-6-4-9-16(11-13)12-14(2)7-5-8-15-14/h13,15H,3-12H2,1-2H3.